The fourth-order valence-electron chi connectivity index (χ4n) is 3.11. The minimum atomic E-state index is -1.16. The van der Waals surface area contributed by atoms with Crippen LogP contribution in [0.25, 0.3) is 0 Å². The van der Waals surface area contributed by atoms with E-state index in [0.29, 0.717) is 0 Å². The lowest BCUT2D eigenvalue weighted by Crippen LogP contribution is -2.57. The van der Waals surface area contributed by atoms with E-state index in [0.717, 1.165) is 0 Å². The van der Waals surface area contributed by atoms with E-state index in [-0.39, 0.29) is 18.1 Å². The molecule has 2 saturated heterocycles. The minimum Gasteiger partial charge on any atom is -0.390 e. The Morgan fingerprint density at radius 1 is 1.11 bits per heavy atom. The van der Waals surface area contributed by atoms with Crippen LogP contribution in [-0.2, 0) is 18.9 Å². The predicted octanol–water partition coefficient (Wildman–Crippen LogP) is 2.02. The van der Waals surface area contributed by atoms with Gasteiger partial charge in [-0.3, -0.25) is 4.74 Å². The van der Waals surface area contributed by atoms with E-state index in [9.17, 15) is 5.11 Å². The van der Waals surface area contributed by atoms with Crippen LogP contribution in [-0.4, -0.2) is 40.8 Å². The normalized spacial score (nSPS) is 51.2. The van der Waals surface area contributed by atoms with Crippen LogP contribution in [0.3, 0.4) is 0 Å². The van der Waals surface area contributed by atoms with Crippen molar-refractivity contribution in [2.24, 2.45) is 5.92 Å². The van der Waals surface area contributed by atoms with E-state index in [1.807, 2.05) is 41.5 Å². The second-order valence-corrected chi connectivity index (χ2v) is 6.91. The quantitative estimate of drug-likeness (QED) is 0.793. The third-order valence-electron chi connectivity index (χ3n) is 3.65. The Bertz CT molecular complexity index is 352. The molecule has 2 aliphatic heterocycles. The summed E-state index contributed by atoms with van der Waals surface area (Å²) < 4.78 is 23.5. The van der Waals surface area contributed by atoms with Crippen molar-refractivity contribution in [1.29, 1.82) is 0 Å². The van der Waals surface area contributed by atoms with Gasteiger partial charge in [-0.1, -0.05) is 6.92 Å². The summed E-state index contributed by atoms with van der Waals surface area (Å²) in [6.07, 6.45) is -1.22. The predicted molar refractivity (Wildman–Crippen MR) is 69.3 cm³/mol. The molecule has 0 aliphatic carbocycles. The highest BCUT2D eigenvalue weighted by Crippen LogP contribution is 2.47. The topological polar surface area (TPSA) is 57.2 Å². The molecule has 2 heterocycles. The molecule has 1 N–H and O–H groups in total. The Labute approximate surface area is 115 Å². The van der Waals surface area contributed by atoms with Gasteiger partial charge in [0.15, 0.2) is 5.79 Å². The fraction of sp³-hybridized carbons (Fsp3) is 1.00. The van der Waals surface area contributed by atoms with Crippen LogP contribution in [0.2, 0.25) is 0 Å². The van der Waals surface area contributed by atoms with Crippen molar-refractivity contribution in [3.05, 3.63) is 0 Å². The molecule has 2 aliphatic rings. The third-order valence-corrected chi connectivity index (χ3v) is 3.65. The van der Waals surface area contributed by atoms with Crippen LogP contribution >= 0.6 is 0 Å². The Morgan fingerprint density at radius 3 is 2.21 bits per heavy atom. The minimum absolute atomic E-state index is 0.0841. The molecule has 5 nitrogen and oxygen atoms in total. The zero-order valence-electron chi connectivity index (χ0n) is 12.9. The lowest BCUT2D eigenvalue weighted by molar-refractivity contribution is -0.387. The molecule has 0 aromatic carbocycles. The SMILES string of the molecule is CC1[C@H](O)[C@H](C)OC2(C)OC(C)(OC(C)(C)C)O[C@@H]12. The Kier molecular flexibility index (Phi) is 3.52. The smallest absolute Gasteiger partial charge is 0.283 e. The summed E-state index contributed by atoms with van der Waals surface area (Å²) in [5, 5.41) is 10.1. The van der Waals surface area contributed by atoms with E-state index in [1.165, 1.54) is 0 Å². The van der Waals surface area contributed by atoms with Gasteiger partial charge >= 0.3 is 0 Å². The zero-order chi connectivity index (χ0) is 14.6. The lowest BCUT2D eigenvalue weighted by atomic mass is 9.87. The van der Waals surface area contributed by atoms with Crippen molar-refractivity contribution in [1.82, 2.24) is 0 Å². The van der Waals surface area contributed by atoms with Crippen molar-refractivity contribution in [3.8, 4) is 0 Å². The zero-order valence-corrected chi connectivity index (χ0v) is 12.9. The summed E-state index contributed by atoms with van der Waals surface area (Å²) in [4.78, 5) is 0. The first-order valence-corrected chi connectivity index (χ1v) is 6.90. The van der Waals surface area contributed by atoms with Gasteiger partial charge in [0.2, 0.25) is 0 Å². The van der Waals surface area contributed by atoms with E-state index in [4.69, 9.17) is 18.9 Å². The van der Waals surface area contributed by atoms with Gasteiger partial charge in [0.25, 0.3) is 5.97 Å². The highest BCUT2D eigenvalue weighted by molar-refractivity contribution is 4.97. The molecular weight excluding hydrogens is 248 g/mol. The monoisotopic (exact) mass is 274 g/mol. The molecule has 19 heavy (non-hydrogen) atoms. The Hall–Kier alpha value is -0.200. The number of rotatable bonds is 1. The number of aliphatic hydroxyl groups is 1. The molecule has 2 rings (SSSR count). The first-order chi connectivity index (χ1) is 8.46. The number of fused-ring (bicyclic) bond motifs is 1. The summed E-state index contributed by atoms with van der Waals surface area (Å²) in [6.45, 7) is 13.2. The van der Waals surface area contributed by atoms with Gasteiger partial charge in [0.1, 0.15) is 6.10 Å². The first-order valence-electron chi connectivity index (χ1n) is 6.90. The van der Waals surface area contributed by atoms with E-state index in [2.05, 4.69) is 0 Å². The van der Waals surface area contributed by atoms with Crippen molar-refractivity contribution in [2.75, 3.05) is 0 Å². The number of hydrogen-bond acceptors (Lipinski definition) is 5. The molecule has 0 saturated carbocycles. The van der Waals surface area contributed by atoms with Gasteiger partial charge in [-0.05, 0) is 34.6 Å². The maximum atomic E-state index is 10.1. The average molecular weight is 274 g/mol. The van der Waals surface area contributed by atoms with Crippen LogP contribution in [0.4, 0.5) is 0 Å². The van der Waals surface area contributed by atoms with Gasteiger partial charge in [-0.15, -0.1) is 0 Å². The molecule has 0 aromatic rings. The van der Waals surface area contributed by atoms with Crippen molar-refractivity contribution >= 4 is 0 Å². The van der Waals surface area contributed by atoms with Crippen molar-refractivity contribution in [2.45, 2.75) is 84.1 Å². The van der Waals surface area contributed by atoms with Crippen molar-refractivity contribution < 1.29 is 24.1 Å². The number of hydrogen-bond donors (Lipinski definition) is 1. The summed E-state index contributed by atoms with van der Waals surface area (Å²) in [5.74, 6) is -2.13. The number of ether oxygens (including phenoxy) is 4. The molecule has 2 fully saturated rings. The summed E-state index contributed by atoms with van der Waals surface area (Å²) in [7, 11) is 0. The largest absolute Gasteiger partial charge is 0.390 e. The summed E-state index contributed by atoms with van der Waals surface area (Å²) >= 11 is 0. The Morgan fingerprint density at radius 2 is 1.68 bits per heavy atom. The molecule has 0 spiro atoms. The molecule has 0 aromatic heterocycles. The average Bonchev–Trinajstić information content (AvgIpc) is 2.43. The standard InChI is InChI=1S/C14H26O5/c1-8-10(15)9(2)16-13(6)11(8)17-14(7,19-13)18-12(3,4)5/h8-11,15H,1-7H3/t8?,9-,10-,11-,13?,14?/m0/s1. The van der Waals surface area contributed by atoms with Crippen LogP contribution in [0.15, 0.2) is 0 Å². The highest BCUT2D eigenvalue weighted by atomic mass is 17.0. The molecule has 112 valence electrons. The molecule has 3 unspecified atom stereocenters. The lowest BCUT2D eigenvalue weighted by Gasteiger charge is -2.43. The van der Waals surface area contributed by atoms with Gasteiger partial charge in [0.05, 0.1) is 17.8 Å². The van der Waals surface area contributed by atoms with Gasteiger partial charge < -0.3 is 19.3 Å². The van der Waals surface area contributed by atoms with Crippen LogP contribution in [0.1, 0.15) is 48.5 Å². The second kappa shape index (κ2) is 4.40. The van der Waals surface area contributed by atoms with Gasteiger partial charge in [-0.25, -0.2) is 0 Å². The molecule has 0 radical (unpaired) electrons. The molecule has 5 heteroatoms. The molecular formula is C14H26O5. The molecule has 6 atom stereocenters. The second-order valence-electron chi connectivity index (χ2n) is 6.91. The van der Waals surface area contributed by atoms with Crippen LogP contribution in [0, 0.1) is 5.92 Å². The van der Waals surface area contributed by atoms with E-state index in [1.54, 1.807) is 6.92 Å². The van der Waals surface area contributed by atoms with E-state index >= 15 is 0 Å². The number of aliphatic hydroxyl groups excluding tert-OH is 1. The molecule has 0 bridgehead atoms. The maximum Gasteiger partial charge on any atom is 0.283 e. The summed E-state index contributed by atoms with van der Waals surface area (Å²) in [6, 6.07) is 0. The fourth-order valence-corrected chi connectivity index (χ4v) is 3.11. The Balaban J connectivity index is 2.22. The van der Waals surface area contributed by atoms with Crippen molar-refractivity contribution in [3.63, 3.8) is 0 Å². The van der Waals surface area contributed by atoms with E-state index < -0.39 is 23.5 Å². The highest BCUT2D eigenvalue weighted by Gasteiger charge is 2.61. The van der Waals surface area contributed by atoms with Crippen LogP contribution in [0.5, 0.6) is 0 Å². The first kappa shape index (κ1) is 15.2. The van der Waals surface area contributed by atoms with Gasteiger partial charge in [0, 0.05) is 12.8 Å². The van der Waals surface area contributed by atoms with Crippen LogP contribution < -0.4 is 0 Å². The third kappa shape index (κ3) is 2.81. The molecule has 0 amide bonds. The van der Waals surface area contributed by atoms with Gasteiger partial charge in [-0.2, -0.15) is 0 Å². The summed E-state index contributed by atoms with van der Waals surface area (Å²) in [5.41, 5.74) is -0.397. The maximum absolute atomic E-state index is 10.1.